The molecule has 106 valence electrons. The molecule has 19 heavy (non-hydrogen) atoms. The molecule has 1 aliphatic rings. The molecule has 1 saturated heterocycles. The van der Waals surface area contributed by atoms with Crippen molar-refractivity contribution in [2.45, 2.75) is 38.5 Å². The minimum absolute atomic E-state index is 0.116. The minimum Gasteiger partial charge on any atom is -0.390 e. The average molecular weight is 284 g/mol. The maximum Gasteiger partial charge on any atom is 0.0964 e. The van der Waals surface area contributed by atoms with Crippen molar-refractivity contribution in [1.82, 2.24) is 4.90 Å². The van der Waals surface area contributed by atoms with Crippen LogP contribution in [0.2, 0.25) is 5.02 Å². The van der Waals surface area contributed by atoms with E-state index in [9.17, 15) is 5.11 Å². The second kappa shape index (κ2) is 6.71. The number of nitrogens with zero attached hydrogens (tertiary/aromatic N) is 1. The number of hydrogen-bond donors (Lipinski definition) is 1. The number of hydrogen-bond acceptors (Lipinski definition) is 3. The van der Waals surface area contributed by atoms with E-state index >= 15 is 0 Å². The fourth-order valence-corrected chi connectivity index (χ4v) is 2.65. The number of benzene rings is 1. The van der Waals surface area contributed by atoms with Crippen LogP contribution < -0.4 is 0 Å². The van der Waals surface area contributed by atoms with Crippen molar-refractivity contribution >= 4 is 11.6 Å². The highest BCUT2D eigenvalue weighted by molar-refractivity contribution is 6.30. The standard InChI is InChI=1S/C15H22ClNO2/c1-11(2)17-6-7-19-15(10-17)14(18)9-12-4-3-5-13(16)8-12/h3-5,8,11,14-15,18H,6-7,9-10H2,1-2H3. The quantitative estimate of drug-likeness (QED) is 0.921. The van der Waals surface area contributed by atoms with Gasteiger partial charge < -0.3 is 9.84 Å². The molecule has 1 heterocycles. The summed E-state index contributed by atoms with van der Waals surface area (Å²) in [6.45, 7) is 6.77. The van der Waals surface area contributed by atoms with Crippen LogP contribution in [-0.2, 0) is 11.2 Å². The Morgan fingerprint density at radius 1 is 1.47 bits per heavy atom. The first-order valence-corrected chi connectivity index (χ1v) is 7.22. The second-order valence-electron chi connectivity index (χ2n) is 5.40. The lowest BCUT2D eigenvalue weighted by Gasteiger charge is -2.37. The minimum atomic E-state index is -0.486. The summed E-state index contributed by atoms with van der Waals surface area (Å²) >= 11 is 5.96. The van der Waals surface area contributed by atoms with Gasteiger partial charge in [0.25, 0.3) is 0 Å². The average Bonchev–Trinajstić information content (AvgIpc) is 2.39. The fraction of sp³-hybridized carbons (Fsp3) is 0.600. The third-order valence-electron chi connectivity index (χ3n) is 3.62. The van der Waals surface area contributed by atoms with E-state index in [1.54, 1.807) is 0 Å². The van der Waals surface area contributed by atoms with Gasteiger partial charge >= 0.3 is 0 Å². The van der Waals surface area contributed by atoms with Crippen LogP contribution in [0.25, 0.3) is 0 Å². The molecule has 0 amide bonds. The van der Waals surface area contributed by atoms with Crippen LogP contribution in [-0.4, -0.2) is 48.0 Å². The maximum atomic E-state index is 10.3. The van der Waals surface area contributed by atoms with Crippen LogP contribution in [0, 0.1) is 0 Å². The SMILES string of the molecule is CC(C)N1CCOC(C(O)Cc2cccc(Cl)c2)C1. The van der Waals surface area contributed by atoms with Crippen LogP contribution in [0.1, 0.15) is 19.4 Å². The summed E-state index contributed by atoms with van der Waals surface area (Å²) in [6.07, 6.45) is -0.0212. The number of aliphatic hydroxyl groups excluding tert-OH is 1. The van der Waals surface area contributed by atoms with Gasteiger partial charge in [0.05, 0.1) is 18.8 Å². The van der Waals surface area contributed by atoms with Gasteiger partial charge in [0, 0.05) is 30.6 Å². The normalized spacial score (nSPS) is 22.7. The molecule has 0 saturated carbocycles. The van der Waals surface area contributed by atoms with Gasteiger partial charge in [0.2, 0.25) is 0 Å². The van der Waals surface area contributed by atoms with Gasteiger partial charge in [0.15, 0.2) is 0 Å². The molecular weight excluding hydrogens is 262 g/mol. The van der Waals surface area contributed by atoms with E-state index in [2.05, 4.69) is 18.7 Å². The van der Waals surface area contributed by atoms with Crippen LogP contribution in [0.3, 0.4) is 0 Å². The highest BCUT2D eigenvalue weighted by Gasteiger charge is 2.27. The Morgan fingerprint density at radius 2 is 2.26 bits per heavy atom. The lowest BCUT2D eigenvalue weighted by atomic mass is 10.0. The van der Waals surface area contributed by atoms with Gasteiger partial charge in [-0.1, -0.05) is 23.7 Å². The summed E-state index contributed by atoms with van der Waals surface area (Å²) in [5.74, 6) is 0. The number of aliphatic hydroxyl groups is 1. The molecule has 0 spiro atoms. The van der Waals surface area contributed by atoms with Gasteiger partial charge in [0.1, 0.15) is 0 Å². The lowest BCUT2D eigenvalue weighted by Crippen LogP contribution is -2.50. The Bertz CT molecular complexity index is 411. The number of morpholine rings is 1. The predicted molar refractivity (Wildman–Crippen MR) is 77.6 cm³/mol. The fourth-order valence-electron chi connectivity index (χ4n) is 2.44. The van der Waals surface area contributed by atoms with Crippen molar-refractivity contribution in [3.63, 3.8) is 0 Å². The van der Waals surface area contributed by atoms with Crippen molar-refractivity contribution in [3.05, 3.63) is 34.9 Å². The van der Waals surface area contributed by atoms with E-state index in [-0.39, 0.29) is 6.10 Å². The van der Waals surface area contributed by atoms with E-state index in [1.165, 1.54) is 0 Å². The highest BCUT2D eigenvalue weighted by Crippen LogP contribution is 2.17. The zero-order valence-electron chi connectivity index (χ0n) is 11.6. The molecule has 1 fully saturated rings. The van der Waals surface area contributed by atoms with E-state index in [0.717, 1.165) is 18.7 Å². The summed E-state index contributed by atoms with van der Waals surface area (Å²) in [6, 6.07) is 8.12. The van der Waals surface area contributed by atoms with Crippen molar-refractivity contribution in [1.29, 1.82) is 0 Å². The molecule has 4 heteroatoms. The highest BCUT2D eigenvalue weighted by atomic mass is 35.5. The Balaban J connectivity index is 1.94. The molecule has 0 radical (unpaired) electrons. The molecule has 3 nitrogen and oxygen atoms in total. The molecule has 1 aliphatic heterocycles. The Hall–Kier alpha value is -0.610. The molecule has 2 unspecified atom stereocenters. The molecule has 0 bridgehead atoms. The van der Waals surface area contributed by atoms with Gasteiger partial charge in [-0.2, -0.15) is 0 Å². The second-order valence-corrected chi connectivity index (χ2v) is 5.84. The van der Waals surface area contributed by atoms with E-state index in [1.807, 2.05) is 24.3 Å². The topological polar surface area (TPSA) is 32.7 Å². The van der Waals surface area contributed by atoms with Crippen molar-refractivity contribution in [2.75, 3.05) is 19.7 Å². The Morgan fingerprint density at radius 3 is 2.95 bits per heavy atom. The Labute approximate surface area is 120 Å². The molecule has 0 aliphatic carbocycles. The van der Waals surface area contributed by atoms with E-state index < -0.39 is 6.10 Å². The summed E-state index contributed by atoms with van der Waals surface area (Å²) in [7, 11) is 0. The first kappa shape index (κ1) is 14.8. The number of halogens is 1. The first-order valence-electron chi connectivity index (χ1n) is 6.84. The third-order valence-corrected chi connectivity index (χ3v) is 3.85. The van der Waals surface area contributed by atoms with Gasteiger partial charge in [-0.3, -0.25) is 4.90 Å². The van der Waals surface area contributed by atoms with Crippen molar-refractivity contribution < 1.29 is 9.84 Å². The van der Waals surface area contributed by atoms with Crippen LogP contribution in [0.15, 0.2) is 24.3 Å². The molecule has 2 atom stereocenters. The molecule has 0 aromatic heterocycles. The molecular formula is C15H22ClNO2. The summed E-state index contributed by atoms with van der Waals surface area (Å²) in [5, 5.41) is 11.0. The third kappa shape index (κ3) is 4.18. The molecule has 1 N–H and O–H groups in total. The largest absolute Gasteiger partial charge is 0.390 e. The lowest BCUT2D eigenvalue weighted by molar-refractivity contribution is -0.0940. The summed E-state index contributed by atoms with van der Waals surface area (Å²) < 4.78 is 5.70. The summed E-state index contributed by atoms with van der Waals surface area (Å²) in [5.41, 5.74) is 1.05. The molecule has 2 rings (SSSR count). The predicted octanol–water partition coefficient (Wildman–Crippen LogP) is 2.35. The molecule has 1 aromatic rings. The van der Waals surface area contributed by atoms with Gasteiger partial charge in [-0.15, -0.1) is 0 Å². The van der Waals surface area contributed by atoms with Crippen LogP contribution in [0.4, 0.5) is 0 Å². The zero-order chi connectivity index (χ0) is 13.8. The van der Waals surface area contributed by atoms with Crippen LogP contribution in [0.5, 0.6) is 0 Å². The van der Waals surface area contributed by atoms with Crippen LogP contribution >= 0.6 is 11.6 Å². The summed E-state index contributed by atoms with van der Waals surface area (Å²) in [4.78, 5) is 2.34. The van der Waals surface area contributed by atoms with Crippen molar-refractivity contribution in [2.24, 2.45) is 0 Å². The molecule has 1 aromatic carbocycles. The van der Waals surface area contributed by atoms with Gasteiger partial charge in [-0.05, 0) is 31.5 Å². The first-order chi connectivity index (χ1) is 9.06. The van der Waals surface area contributed by atoms with Gasteiger partial charge in [-0.25, -0.2) is 0 Å². The monoisotopic (exact) mass is 283 g/mol. The van der Waals surface area contributed by atoms with E-state index in [0.29, 0.717) is 24.1 Å². The van der Waals surface area contributed by atoms with E-state index in [4.69, 9.17) is 16.3 Å². The van der Waals surface area contributed by atoms with Crippen molar-refractivity contribution in [3.8, 4) is 0 Å². The number of ether oxygens (including phenoxy) is 1. The number of rotatable bonds is 4. The smallest absolute Gasteiger partial charge is 0.0964 e. The zero-order valence-corrected chi connectivity index (χ0v) is 12.3. The maximum absolute atomic E-state index is 10.3. The Kier molecular flexibility index (Phi) is 5.22.